The minimum absolute atomic E-state index is 0.689. The smallest absolute Gasteiger partial charge is 0.146 e. The number of carbonyl (C=O) groups is 1. The average molecular weight is 278 g/mol. The highest BCUT2D eigenvalue weighted by Crippen LogP contribution is 2.25. The highest BCUT2D eigenvalue weighted by molar-refractivity contribution is 14.1. The molecular weight excluding hydrogens is 263 g/mol. The van der Waals surface area contributed by atoms with Gasteiger partial charge in [-0.2, -0.15) is 0 Å². The van der Waals surface area contributed by atoms with Gasteiger partial charge in [-0.05, 0) is 24.3 Å². The molecule has 0 atom stereocenters. The molecule has 0 aromatic rings. The van der Waals surface area contributed by atoms with Gasteiger partial charge in [-0.3, -0.25) is 4.79 Å². The van der Waals surface area contributed by atoms with Crippen LogP contribution < -0.4 is 0 Å². The summed E-state index contributed by atoms with van der Waals surface area (Å²) in [5.41, 5.74) is 0.975. The monoisotopic (exact) mass is 278 g/mol. The quantitative estimate of drug-likeness (QED) is 0.335. The largest absolute Gasteiger partial charge is 0.298 e. The van der Waals surface area contributed by atoms with Crippen LogP contribution >= 0.6 is 22.6 Å². The molecule has 1 saturated carbocycles. The van der Waals surface area contributed by atoms with Gasteiger partial charge >= 0.3 is 0 Å². The van der Waals surface area contributed by atoms with Crippen LogP contribution in [0.4, 0.5) is 0 Å². The van der Waals surface area contributed by atoms with Crippen LogP contribution in [0.5, 0.6) is 0 Å². The minimum Gasteiger partial charge on any atom is -0.298 e. The average Bonchev–Trinajstić information content (AvgIpc) is 2.16. The topological polar surface area (TPSA) is 17.1 Å². The van der Waals surface area contributed by atoms with E-state index in [-0.39, 0.29) is 0 Å². The number of hydrogen-bond donors (Lipinski definition) is 0. The zero-order valence-electron chi connectivity index (χ0n) is 7.26. The predicted octanol–water partition coefficient (Wildman–Crippen LogP) is 3.13. The molecule has 0 radical (unpaired) electrons. The van der Waals surface area contributed by atoms with E-state index < -0.39 is 0 Å². The molecule has 68 valence electrons. The fourth-order valence-electron chi connectivity index (χ4n) is 1.72. The second kappa shape index (κ2) is 5.73. The summed E-state index contributed by atoms with van der Waals surface area (Å²) in [6.45, 7) is 0. The highest BCUT2D eigenvalue weighted by Gasteiger charge is 2.11. The molecule has 0 aliphatic heterocycles. The summed E-state index contributed by atoms with van der Waals surface area (Å²) in [6.07, 6.45) is 9.82. The van der Waals surface area contributed by atoms with E-state index in [0.717, 1.165) is 16.3 Å². The summed E-state index contributed by atoms with van der Waals surface area (Å²) in [7, 11) is 0. The van der Waals surface area contributed by atoms with Crippen molar-refractivity contribution in [2.75, 3.05) is 4.43 Å². The van der Waals surface area contributed by atoms with Crippen LogP contribution in [-0.2, 0) is 4.79 Å². The number of carbonyl (C=O) groups excluding carboxylic acids is 1. The first-order valence-corrected chi connectivity index (χ1v) is 6.11. The van der Waals surface area contributed by atoms with Crippen LogP contribution in [0.3, 0.4) is 0 Å². The standard InChI is InChI=1S/C10H15IO/c11-7-10(8-12)6-9-4-2-1-3-5-9/h6,8-9H,1-5,7H2/b10-6+. The maximum atomic E-state index is 10.5. The van der Waals surface area contributed by atoms with Gasteiger partial charge < -0.3 is 0 Å². The van der Waals surface area contributed by atoms with Crippen LogP contribution in [0.15, 0.2) is 11.6 Å². The normalized spacial score (nSPS) is 20.9. The Morgan fingerprint density at radius 3 is 2.50 bits per heavy atom. The maximum absolute atomic E-state index is 10.5. The molecule has 12 heavy (non-hydrogen) atoms. The summed E-state index contributed by atoms with van der Waals surface area (Å²) >= 11 is 2.25. The molecule has 0 saturated heterocycles. The third-order valence-corrected chi connectivity index (χ3v) is 3.29. The number of rotatable bonds is 3. The van der Waals surface area contributed by atoms with Crippen molar-refractivity contribution in [3.63, 3.8) is 0 Å². The van der Waals surface area contributed by atoms with E-state index in [1.807, 2.05) is 0 Å². The number of allylic oxidation sites excluding steroid dienone is 2. The molecule has 0 aromatic heterocycles. The molecule has 1 rings (SSSR count). The lowest BCUT2D eigenvalue weighted by Crippen LogP contribution is -2.04. The van der Waals surface area contributed by atoms with E-state index in [4.69, 9.17) is 0 Å². The Balaban J connectivity index is 2.45. The molecule has 1 aliphatic carbocycles. The SMILES string of the molecule is O=C/C(=C/C1CCCCC1)CI. The van der Waals surface area contributed by atoms with E-state index in [0.29, 0.717) is 5.92 Å². The van der Waals surface area contributed by atoms with E-state index >= 15 is 0 Å². The van der Waals surface area contributed by atoms with Crippen molar-refractivity contribution in [3.05, 3.63) is 11.6 Å². The van der Waals surface area contributed by atoms with Crippen molar-refractivity contribution in [2.45, 2.75) is 32.1 Å². The molecule has 1 aliphatic rings. The maximum Gasteiger partial charge on any atom is 0.146 e. The fraction of sp³-hybridized carbons (Fsp3) is 0.700. The summed E-state index contributed by atoms with van der Waals surface area (Å²) in [5.74, 6) is 0.689. The van der Waals surface area contributed by atoms with E-state index in [1.165, 1.54) is 32.1 Å². The van der Waals surface area contributed by atoms with Crippen LogP contribution in [0.1, 0.15) is 32.1 Å². The molecule has 2 heteroatoms. The second-order valence-electron chi connectivity index (χ2n) is 3.39. The zero-order chi connectivity index (χ0) is 8.81. The van der Waals surface area contributed by atoms with Crippen molar-refractivity contribution < 1.29 is 4.79 Å². The molecule has 0 bridgehead atoms. The molecule has 1 fully saturated rings. The molecule has 0 N–H and O–H groups in total. The van der Waals surface area contributed by atoms with E-state index in [2.05, 4.69) is 28.7 Å². The predicted molar refractivity (Wildman–Crippen MR) is 59.6 cm³/mol. The molecule has 1 nitrogen and oxygen atoms in total. The lowest BCUT2D eigenvalue weighted by atomic mass is 9.88. The molecule has 0 aromatic carbocycles. The number of aldehydes is 1. The number of alkyl halides is 1. The zero-order valence-corrected chi connectivity index (χ0v) is 9.42. The van der Waals surface area contributed by atoms with Gasteiger partial charge in [0.1, 0.15) is 6.29 Å². The van der Waals surface area contributed by atoms with Crippen LogP contribution in [-0.4, -0.2) is 10.7 Å². The van der Waals surface area contributed by atoms with Crippen molar-refractivity contribution in [1.82, 2.24) is 0 Å². The van der Waals surface area contributed by atoms with Crippen LogP contribution in [0.2, 0.25) is 0 Å². The molecule has 0 unspecified atom stereocenters. The van der Waals surface area contributed by atoms with Gasteiger partial charge in [0.25, 0.3) is 0 Å². The molecule has 0 amide bonds. The van der Waals surface area contributed by atoms with Crippen LogP contribution in [0, 0.1) is 5.92 Å². The fourth-order valence-corrected chi connectivity index (χ4v) is 2.15. The first-order valence-electron chi connectivity index (χ1n) is 4.58. The molecule has 0 heterocycles. The van der Waals surface area contributed by atoms with Crippen LogP contribution in [0.25, 0.3) is 0 Å². The Morgan fingerprint density at radius 2 is 2.00 bits per heavy atom. The third-order valence-electron chi connectivity index (χ3n) is 2.41. The number of hydrogen-bond acceptors (Lipinski definition) is 1. The summed E-state index contributed by atoms with van der Waals surface area (Å²) in [4.78, 5) is 10.5. The summed E-state index contributed by atoms with van der Waals surface area (Å²) in [5, 5.41) is 0. The van der Waals surface area contributed by atoms with Crippen molar-refractivity contribution in [2.24, 2.45) is 5.92 Å². The third kappa shape index (κ3) is 3.25. The van der Waals surface area contributed by atoms with Crippen molar-refractivity contribution >= 4 is 28.9 Å². The lowest BCUT2D eigenvalue weighted by Gasteiger charge is -2.18. The van der Waals surface area contributed by atoms with Gasteiger partial charge in [0.15, 0.2) is 0 Å². The van der Waals surface area contributed by atoms with Crippen molar-refractivity contribution in [1.29, 1.82) is 0 Å². The molecular formula is C10H15IO. The van der Waals surface area contributed by atoms with Gasteiger partial charge in [0, 0.05) is 4.43 Å². The first kappa shape index (κ1) is 10.2. The van der Waals surface area contributed by atoms with E-state index in [1.54, 1.807) is 0 Å². The lowest BCUT2D eigenvalue weighted by molar-refractivity contribution is -0.104. The molecule has 0 spiro atoms. The Hall–Kier alpha value is 0.140. The number of halogens is 1. The van der Waals surface area contributed by atoms with Gasteiger partial charge in [-0.15, -0.1) is 0 Å². The second-order valence-corrected chi connectivity index (χ2v) is 4.15. The van der Waals surface area contributed by atoms with Gasteiger partial charge in [0.2, 0.25) is 0 Å². The van der Waals surface area contributed by atoms with Gasteiger partial charge in [0.05, 0.1) is 0 Å². The Bertz CT molecular complexity index is 169. The summed E-state index contributed by atoms with van der Waals surface area (Å²) < 4.78 is 0.859. The first-order chi connectivity index (χ1) is 5.86. The van der Waals surface area contributed by atoms with E-state index in [9.17, 15) is 4.79 Å². The Morgan fingerprint density at radius 1 is 1.33 bits per heavy atom. The van der Waals surface area contributed by atoms with Gasteiger partial charge in [-0.25, -0.2) is 0 Å². The Kier molecular flexibility index (Phi) is 4.88. The Labute approximate surface area is 87.8 Å². The summed E-state index contributed by atoms with van der Waals surface area (Å²) in [6, 6.07) is 0. The van der Waals surface area contributed by atoms with Gasteiger partial charge in [-0.1, -0.05) is 47.9 Å². The van der Waals surface area contributed by atoms with Crippen molar-refractivity contribution in [3.8, 4) is 0 Å². The minimum atomic E-state index is 0.689. The highest BCUT2D eigenvalue weighted by atomic mass is 127.